The quantitative estimate of drug-likeness (QED) is 0.383. The van der Waals surface area contributed by atoms with Crippen molar-refractivity contribution in [3.05, 3.63) is 27.4 Å². The van der Waals surface area contributed by atoms with Gasteiger partial charge in [0.25, 0.3) is 0 Å². The second kappa shape index (κ2) is 10.4. The lowest BCUT2D eigenvalue weighted by molar-refractivity contribution is -0.130. The van der Waals surface area contributed by atoms with Gasteiger partial charge < -0.3 is 15.1 Å². The molecule has 1 fully saturated rings. The number of hydrogen-bond donors (Lipinski definition) is 1. The summed E-state index contributed by atoms with van der Waals surface area (Å²) in [5, 5.41) is 6.67. The summed E-state index contributed by atoms with van der Waals surface area (Å²) in [4.78, 5) is 27.1. The van der Waals surface area contributed by atoms with Crippen LogP contribution in [0.15, 0.2) is 22.5 Å². The molecule has 148 valence electrons. The van der Waals surface area contributed by atoms with E-state index in [4.69, 9.17) is 0 Å². The average Bonchev–Trinajstić information content (AvgIpc) is 3.28. The summed E-state index contributed by atoms with van der Waals surface area (Å²) in [6.07, 6.45) is 0.959. The molecule has 0 unspecified atom stereocenters. The van der Waals surface area contributed by atoms with Crippen LogP contribution >= 0.6 is 46.7 Å². The summed E-state index contributed by atoms with van der Waals surface area (Å²) < 4.78 is 0. The molecule has 27 heavy (non-hydrogen) atoms. The fourth-order valence-electron chi connectivity index (χ4n) is 2.99. The number of thiazole rings is 1. The van der Waals surface area contributed by atoms with Crippen LogP contribution in [0, 0.1) is 6.92 Å². The van der Waals surface area contributed by atoms with Gasteiger partial charge in [0, 0.05) is 57.0 Å². The lowest BCUT2D eigenvalue weighted by Gasteiger charge is -2.36. The Hall–Kier alpha value is -1.20. The second-order valence-corrected chi connectivity index (χ2v) is 8.47. The van der Waals surface area contributed by atoms with E-state index < -0.39 is 0 Å². The highest BCUT2D eigenvalue weighted by molar-refractivity contribution is 14.0. The number of piperazine rings is 1. The van der Waals surface area contributed by atoms with Crippen molar-refractivity contribution in [1.29, 1.82) is 0 Å². The molecule has 0 radical (unpaired) electrons. The van der Waals surface area contributed by atoms with Crippen LogP contribution < -0.4 is 5.32 Å². The molecule has 0 saturated carbocycles. The van der Waals surface area contributed by atoms with Gasteiger partial charge in [-0.25, -0.2) is 4.98 Å². The number of thiophene rings is 1. The molecule has 0 aromatic carbocycles. The van der Waals surface area contributed by atoms with Crippen LogP contribution in [0.2, 0.25) is 0 Å². The van der Waals surface area contributed by atoms with E-state index >= 15 is 0 Å². The molecule has 3 rings (SSSR count). The van der Waals surface area contributed by atoms with Gasteiger partial charge >= 0.3 is 0 Å². The molecule has 0 bridgehead atoms. The van der Waals surface area contributed by atoms with Gasteiger partial charge in [0.1, 0.15) is 0 Å². The molecular formula is C18H26IN5OS2. The van der Waals surface area contributed by atoms with E-state index in [2.05, 4.69) is 37.7 Å². The minimum absolute atomic E-state index is 0. The number of rotatable bonds is 4. The van der Waals surface area contributed by atoms with Crippen LogP contribution in [0.3, 0.4) is 0 Å². The van der Waals surface area contributed by atoms with Gasteiger partial charge in [0.2, 0.25) is 5.91 Å². The lowest BCUT2D eigenvalue weighted by Crippen LogP contribution is -2.53. The number of carbonyl (C=O) groups excluding carboxylic acids is 1. The minimum Gasteiger partial charge on any atom is -0.356 e. The summed E-state index contributed by atoms with van der Waals surface area (Å²) in [6, 6.07) is 4.34. The molecule has 1 saturated heterocycles. The van der Waals surface area contributed by atoms with E-state index in [1.54, 1.807) is 29.6 Å². The maximum absolute atomic E-state index is 11.4. The monoisotopic (exact) mass is 519 g/mol. The van der Waals surface area contributed by atoms with Crippen LogP contribution in [-0.4, -0.2) is 66.4 Å². The molecular weight excluding hydrogens is 493 g/mol. The van der Waals surface area contributed by atoms with Crippen molar-refractivity contribution >= 4 is 58.5 Å². The summed E-state index contributed by atoms with van der Waals surface area (Å²) in [6.45, 7) is 7.68. The third-order valence-electron chi connectivity index (χ3n) is 4.42. The van der Waals surface area contributed by atoms with Crippen LogP contribution in [0.4, 0.5) is 0 Å². The number of nitrogens with one attached hydrogen (secondary N) is 1. The number of aliphatic imine (C=N–C) groups is 1. The summed E-state index contributed by atoms with van der Waals surface area (Å²) in [5.41, 5.74) is 1.08. The van der Waals surface area contributed by atoms with Gasteiger partial charge in [-0.1, -0.05) is 0 Å². The first-order valence-corrected chi connectivity index (χ1v) is 10.5. The van der Waals surface area contributed by atoms with Gasteiger partial charge in [-0.05, 0) is 25.5 Å². The molecule has 2 aromatic rings. The summed E-state index contributed by atoms with van der Waals surface area (Å²) >= 11 is 3.49. The Balaban J connectivity index is 0.00000261. The Morgan fingerprint density at radius 3 is 2.56 bits per heavy atom. The number of carbonyl (C=O) groups is 1. The topological polar surface area (TPSA) is 60.8 Å². The van der Waals surface area contributed by atoms with Crippen LogP contribution in [-0.2, 0) is 11.2 Å². The van der Waals surface area contributed by atoms with E-state index in [1.165, 1.54) is 9.75 Å². The van der Waals surface area contributed by atoms with Gasteiger partial charge in [0.15, 0.2) is 5.96 Å². The van der Waals surface area contributed by atoms with Crippen molar-refractivity contribution in [3.8, 4) is 10.6 Å². The van der Waals surface area contributed by atoms with Gasteiger partial charge in [-0.15, -0.1) is 46.7 Å². The molecule has 0 atom stereocenters. The molecule has 2 aromatic heterocycles. The average molecular weight is 519 g/mol. The SMILES string of the molecule is CN=C(NCCc1ccc(-c2csc(C)n2)s1)N1CCN(C(C)=O)CC1.I. The van der Waals surface area contributed by atoms with Crippen molar-refractivity contribution < 1.29 is 4.79 Å². The van der Waals surface area contributed by atoms with Crippen molar-refractivity contribution in [3.63, 3.8) is 0 Å². The van der Waals surface area contributed by atoms with E-state index in [0.29, 0.717) is 0 Å². The standard InChI is InChI=1S/C18H25N5OS2.HI/c1-13-21-16(12-25-13)17-5-4-15(26-17)6-7-20-18(19-3)23-10-8-22(9-11-23)14(2)24;/h4-5,12H,6-11H2,1-3H3,(H,19,20);1H. The maximum Gasteiger partial charge on any atom is 0.219 e. The molecule has 1 aliphatic rings. The first-order chi connectivity index (χ1) is 12.6. The van der Waals surface area contributed by atoms with Crippen molar-refractivity contribution in [2.45, 2.75) is 20.3 Å². The molecule has 1 N–H and O–H groups in total. The summed E-state index contributed by atoms with van der Waals surface area (Å²) in [5.74, 6) is 1.07. The Bertz CT molecular complexity index is 780. The second-order valence-electron chi connectivity index (χ2n) is 6.23. The maximum atomic E-state index is 11.4. The van der Waals surface area contributed by atoms with E-state index in [1.807, 2.05) is 18.9 Å². The zero-order valence-electron chi connectivity index (χ0n) is 15.9. The first-order valence-electron chi connectivity index (χ1n) is 8.79. The van der Waals surface area contributed by atoms with Crippen LogP contribution in [0.5, 0.6) is 0 Å². The Morgan fingerprint density at radius 2 is 1.96 bits per heavy atom. The predicted molar refractivity (Wildman–Crippen MR) is 124 cm³/mol. The van der Waals surface area contributed by atoms with Gasteiger partial charge in [0.05, 0.1) is 15.6 Å². The van der Waals surface area contributed by atoms with Gasteiger partial charge in [-0.2, -0.15) is 0 Å². The number of nitrogens with zero attached hydrogens (tertiary/aromatic N) is 4. The first kappa shape index (κ1) is 22.1. The third-order valence-corrected chi connectivity index (χ3v) is 6.37. The number of guanidine groups is 1. The highest BCUT2D eigenvalue weighted by Crippen LogP contribution is 2.29. The molecule has 1 amide bonds. The lowest BCUT2D eigenvalue weighted by atomic mass is 10.3. The Labute approximate surface area is 185 Å². The van der Waals surface area contributed by atoms with E-state index in [0.717, 1.165) is 55.8 Å². The zero-order valence-corrected chi connectivity index (χ0v) is 19.9. The highest BCUT2D eigenvalue weighted by atomic mass is 127. The number of amides is 1. The van der Waals surface area contributed by atoms with Crippen molar-refractivity contribution in [1.82, 2.24) is 20.1 Å². The molecule has 1 aliphatic heterocycles. The fraction of sp³-hybridized carbons (Fsp3) is 0.500. The van der Waals surface area contributed by atoms with E-state index in [-0.39, 0.29) is 29.9 Å². The molecule has 6 nitrogen and oxygen atoms in total. The minimum atomic E-state index is 0. The Kier molecular flexibility index (Phi) is 8.49. The molecule has 9 heteroatoms. The van der Waals surface area contributed by atoms with Gasteiger partial charge in [-0.3, -0.25) is 9.79 Å². The van der Waals surface area contributed by atoms with Crippen molar-refractivity contribution in [2.24, 2.45) is 4.99 Å². The largest absolute Gasteiger partial charge is 0.356 e. The third kappa shape index (κ3) is 5.89. The molecule has 3 heterocycles. The number of aromatic nitrogens is 1. The number of hydrogen-bond acceptors (Lipinski definition) is 5. The number of halogens is 1. The fourth-order valence-corrected chi connectivity index (χ4v) is 4.64. The smallest absolute Gasteiger partial charge is 0.219 e. The highest BCUT2D eigenvalue weighted by Gasteiger charge is 2.20. The van der Waals surface area contributed by atoms with Crippen molar-refractivity contribution in [2.75, 3.05) is 39.8 Å². The summed E-state index contributed by atoms with van der Waals surface area (Å²) in [7, 11) is 1.81. The molecule has 0 aliphatic carbocycles. The number of aryl methyl sites for hydroxylation is 1. The molecule has 0 spiro atoms. The predicted octanol–water partition coefficient (Wildman–Crippen LogP) is 3.08. The Morgan fingerprint density at radius 1 is 1.26 bits per heavy atom. The zero-order chi connectivity index (χ0) is 18.5. The normalized spacial score (nSPS) is 14.9. The van der Waals surface area contributed by atoms with Crippen LogP contribution in [0.1, 0.15) is 16.8 Å². The van der Waals surface area contributed by atoms with Crippen LogP contribution in [0.25, 0.3) is 10.6 Å². The van der Waals surface area contributed by atoms with E-state index in [9.17, 15) is 4.79 Å².